The monoisotopic (exact) mass is 1110 g/mol. The van der Waals surface area contributed by atoms with Gasteiger partial charge in [-0.25, -0.2) is 0 Å². The fourth-order valence-electron chi connectivity index (χ4n) is 10.9. The zero-order valence-corrected chi connectivity index (χ0v) is 53.1. The molecule has 2 unspecified atom stereocenters. The molecule has 464 valence electrons. The number of carbonyl (C=O) groups excluding carboxylic acids is 2. The second kappa shape index (κ2) is 68.3. The number of esters is 1. The fourth-order valence-corrected chi connectivity index (χ4v) is 10.9. The minimum Gasteiger partial charge on any atom is -0.466 e. The van der Waals surface area contributed by atoms with Crippen LogP contribution in [0.1, 0.15) is 380 Å². The molecule has 1 amide bonds. The number of carbonyl (C=O) groups is 2. The third kappa shape index (κ3) is 64.8. The Balaban J connectivity index is 3.33. The minimum absolute atomic E-state index is 0.00572. The summed E-state index contributed by atoms with van der Waals surface area (Å²) in [5, 5.41) is 23.1. The van der Waals surface area contributed by atoms with E-state index in [0.29, 0.717) is 19.4 Å². The summed E-state index contributed by atoms with van der Waals surface area (Å²) in [7, 11) is 0. The summed E-state index contributed by atoms with van der Waals surface area (Å²) in [6, 6.07) is -0.624. The van der Waals surface area contributed by atoms with E-state index in [0.717, 1.165) is 51.4 Å². The summed E-state index contributed by atoms with van der Waals surface area (Å²) >= 11 is 0. The lowest BCUT2D eigenvalue weighted by atomic mass is 10.0. The Morgan fingerprint density at radius 1 is 0.354 bits per heavy atom. The molecule has 0 saturated heterocycles. The lowest BCUT2D eigenvalue weighted by Gasteiger charge is -2.20. The van der Waals surface area contributed by atoms with Crippen molar-refractivity contribution in [3.8, 4) is 0 Å². The molecule has 3 N–H and O–H groups in total. The minimum atomic E-state index is -0.841. The van der Waals surface area contributed by atoms with Gasteiger partial charge in [-0.2, -0.15) is 0 Å². The van der Waals surface area contributed by atoms with Crippen molar-refractivity contribution in [1.82, 2.24) is 5.32 Å². The number of amides is 1. The molecular weight excluding hydrogens is 971 g/mol. The molecule has 6 nitrogen and oxygen atoms in total. The van der Waals surface area contributed by atoms with Crippen LogP contribution in [0.4, 0.5) is 0 Å². The van der Waals surface area contributed by atoms with Gasteiger partial charge in [-0.15, -0.1) is 0 Å². The molecule has 0 radical (unpaired) electrons. The number of hydrogen-bond donors (Lipinski definition) is 3. The highest BCUT2D eigenvalue weighted by Gasteiger charge is 2.18. The molecule has 0 spiro atoms. The van der Waals surface area contributed by atoms with E-state index < -0.39 is 12.1 Å². The van der Waals surface area contributed by atoms with Crippen LogP contribution < -0.4 is 5.32 Å². The van der Waals surface area contributed by atoms with E-state index in [4.69, 9.17) is 4.74 Å². The lowest BCUT2D eigenvalue weighted by molar-refractivity contribution is -0.143. The van der Waals surface area contributed by atoms with Gasteiger partial charge in [0.15, 0.2) is 0 Å². The highest BCUT2D eigenvalue weighted by molar-refractivity contribution is 5.76. The smallest absolute Gasteiger partial charge is 0.305 e. The van der Waals surface area contributed by atoms with Crippen molar-refractivity contribution in [3.05, 3.63) is 48.6 Å². The van der Waals surface area contributed by atoms with Crippen LogP contribution in [0.15, 0.2) is 48.6 Å². The standard InChI is InChI=1S/C73H137NO5/c1-3-5-7-9-11-13-15-42-47-51-55-59-63-67-73(78)79-68-64-60-56-52-48-44-41-39-37-35-33-31-29-27-25-23-21-19-17-18-20-22-24-26-28-30-32-34-36-38-40-43-46-50-54-58-62-66-72(77)74-70(69-75)71(76)65-61-57-53-49-45-16-14-12-10-8-6-4-2/h7,9,13,15,17,19,61,65,70-71,75-76H,3-6,8,10-12,14,16,18,20-60,62-64,66-69H2,1-2H3,(H,74,77)/b9-7-,15-13-,19-17-,65-61+. The van der Waals surface area contributed by atoms with Gasteiger partial charge in [0.1, 0.15) is 0 Å². The summed E-state index contributed by atoms with van der Waals surface area (Å²) in [6.45, 7) is 4.85. The summed E-state index contributed by atoms with van der Waals surface area (Å²) in [5.74, 6) is -0.0579. The summed E-state index contributed by atoms with van der Waals surface area (Å²) in [6.07, 6.45) is 89.3. The predicted molar refractivity (Wildman–Crippen MR) is 347 cm³/mol. The van der Waals surface area contributed by atoms with E-state index >= 15 is 0 Å². The third-order valence-electron chi connectivity index (χ3n) is 16.3. The first-order valence-electron chi connectivity index (χ1n) is 35.4. The van der Waals surface area contributed by atoms with E-state index in [2.05, 4.69) is 55.6 Å². The van der Waals surface area contributed by atoms with Crippen LogP contribution >= 0.6 is 0 Å². The second-order valence-corrected chi connectivity index (χ2v) is 24.2. The summed E-state index contributed by atoms with van der Waals surface area (Å²) in [5.41, 5.74) is 0. The Kier molecular flexibility index (Phi) is 66.4. The van der Waals surface area contributed by atoms with Crippen LogP contribution in [-0.4, -0.2) is 47.4 Å². The molecule has 0 aliphatic carbocycles. The van der Waals surface area contributed by atoms with E-state index in [9.17, 15) is 19.8 Å². The van der Waals surface area contributed by atoms with E-state index in [-0.39, 0.29) is 18.5 Å². The Hall–Kier alpha value is -2.18. The van der Waals surface area contributed by atoms with Crippen LogP contribution in [0.2, 0.25) is 0 Å². The second-order valence-electron chi connectivity index (χ2n) is 24.2. The number of hydrogen-bond acceptors (Lipinski definition) is 5. The van der Waals surface area contributed by atoms with Crippen molar-refractivity contribution in [3.63, 3.8) is 0 Å². The fraction of sp³-hybridized carbons (Fsp3) is 0.863. The SMILES string of the molecule is CCC/C=C\C/C=C\CCCCCCCC(=O)OCCCCCCCCCCCCCCCCCC/C=C\CCCCCCCCCCCCCCCCCCCC(=O)NC(CO)C(O)/C=C/CCCCCCCCCCCC. The molecule has 0 aliphatic heterocycles. The number of nitrogens with one attached hydrogen (secondary N) is 1. The maximum atomic E-state index is 12.5. The highest BCUT2D eigenvalue weighted by atomic mass is 16.5. The van der Waals surface area contributed by atoms with Crippen LogP contribution in [0.25, 0.3) is 0 Å². The Bertz CT molecular complexity index is 1320. The third-order valence-corrected chi connectivity index (χ3v) is 16.3. The Morgan fingerprint density at radius 3 is 1.03 bits per heavy atom. The van der Waals surface area contributed by atoms with Crippen LogP contribution in [0.5, 0.6) is 0 Å². The van der Waals surface area contributed by atoms with Gasteiger partial charge in [0.05, 0.1) is 25.4 Å². The Labute approximate surface area is 493 Å². The van der Waals surface area contributed by atoms with Gasteiger partial charge in [-0.1, -0.05) is 332 Å². The van der Waals surface area contributed by atoms with Gasteiger partial charge < -0.3 is 20.3 Å². The molecule has 0 saturated carbocycles. The molecule has 0 rings (SSSR count). The summed E-state index contributed by atoms with van der Waals surface area (Å²) in [4.78, 5) is 24.5. The maximum absolute atomic E-state index is 12.5. The molecule has 79 heavy (non-hydrogen) atoms. The molecule has 0 heterocycles. The average molecular weight is 1110 g/mol. The van der Waals surface area contributed by atoms with E-state index in [1.54, 1.807) is 6.08 Å². The first kappa shape index (κ1) is 76.8. The molecule has 0 bridgehead atoms. The normalized spacial score (nSPS) is 12.8. The van der Waals surface area contributed by atoms with Crippen molar-refractivity contribution < 1.29 is 24.5 Å². The number of aliphatic hydroxyl groups is 2. The zero-order valence-electron chi connectivity index (χ0n) is 53.1. The average Bonchev–Trinajstić information content (AvgIpc) is 3.45. The first-order valence-corrected chi connectivity index (χ1v) is 35.4. The van der Waals surface area contributed by atoms with Gasteiger partial charge in [-0.05, 0) is 83.5 Å². The predicted octanol–water partition coefficient (Wildman–Crippen LogP) is 22.9. The molecule has 0 fully saturated rings. The first-order chi connectivity index (χ1) is 39.0. The van der Waals surface area contributed by atoms with Gasteiger partial charge in [0.2, 0.25) is 5.91 Å². The number of unbranched alkanes of at least 4 members (excludes halogenated alkanes) is 49. The molecule has 0 aliphatic rings. The van der Waals surface area contributed by atoms with Gasteiger partial charge in [0.25, 0.3) is 0 Å². The number of rotatable bonds is 66. The van der Waals surface area contributed by atoms with Crippen molar-refractivity contribution >= 4 is 11.9 Å². The topological polar surface area (TPSA) is 95.9 Å². The molecule has 6 heteroatoms. The van der Waals surface area contributed by atoms with Crippen LogP contribution in [-0.2, 0) is 14.3 Å². The molecule has 2 atom stereocenters. The Morgan fingerprint density at radius 2 is 0.658 bits per heavy atom. The molecular formula is C73H137NO5. The zero-order chi connectivity index (χ0) is 57.1. The quantitative estimate of drug-likeness (QED) is 0.0320. The summed E-state index contributed by atoms with van der Waals surface area (Å²) < 4.78 is 5.48. The van der Waals surface area contributed by atoms with Crippen molar-refractivity contribution in [2.45, 2.75) is 392 Å². The van der Waals surface area contributed by atoms with E-state index in [1.165, 1.54) is 302 Å². The highest BCUT2D eigenvalue weighted by Crippen LogP contribution is 2.18. The lowest BCUT2D eigenvalue weighted by Crippen LogP contribution is -2.45. The number of allylic oxidation sites excluding steroid dienone is 7. The van der Waals surface area contributed by atoms with E-state index in [1.807, 2.05) is 6.08 Å². The van der Waals surface area contributed by atoms with Crippen LogP contribution in [0, 0.1) is 0 Å². The molecule has 0 aromatic rings. The van der Waals surface area contributed by atoms with Crippen molar-refractivity contribution in [2.75, 3.05) is 13.2 Å². The number of aliphatic hydroxyl groups excluding tert-OH is 2. The van der Waals surface area contributed by atoms with Crippen molar-refractivity contribution in [2.24, 2.45) is 0 Å². The van der Waals surface area contributed by atoms with Gasteiger partial charge in [-0.3, -0.25) is 9.59 Å². The van der Waals surface area contributed by atoms with Crippen LogP contribution in [0.3, 0.4) is 0 Å². The molecule has 0 aromatic carbocycles. The molecule has 0 aromatic heterocycles. The van der Waals surface area contributed by atoms with Gasteiger partial charge >= 0.3 is 5.97 Å². The van der Waals surface area contributed by atoms with Gasteiger partial charge in [0, 0.05) is 12.8 Å². The van der Waals surface area contributed by atoms with Crippen molar-refractivity contribution in [1.29, 1.82) is 0 Å². The maximum Gasteiger partial charge on any atom is 0.305 e. The number of ether oxygens (including phenoxy) is 1. The largest absolute Gasteiger partial charge is 0.466 e.